The number of aliphatic carboxylic acids is 1. The van der Waals surface area contributed by atoms with Gasteiger partial charge in [0.25, 0.3) is 0 Å². The third kappa shape index (κ3) is 2.46. The molecule has 3 heteroatoms. The van der Waals surface area contributed by atoms with Gasteiger partial charge in [-0.15, -0.1) is 0 Å². The van der Waals surface area contributed by atoms with Gasteiger partial charge in [0.2, 0.25) is 0 Å². The fourth-order valence-corrected chi connectivity index (χ4v) is 1.12. The van der Waals surface area contributed by atoms with Crippen LogP contribution in [0.15, 0.2) is 30.3 Å². The van der Waals surface area contributed by atoms with E-state index in [0.29, 0.717) is 5.56 Å². The first-order valence-electron chi connectivity index (χ1n) is 4.05. The lowest BCUT2D eigenvalue weighted by atomic mass is 10.0. The van der Waals surface area contributed by atoms with Crippen molar-refractivity contribution >= 4 is 11.5 Å². The molecular weight excluding hydrogens is 178 g/mol. The van der Waals surface area contributed by atoms with Gasteiger partial charge in [0.15, 0.2) is 0 Å². The lowest BCUT2D eigenvalue weighted by molar-refractivity contribution is -0.131. The molecule has 1 N–H and O–H groups in total. The van der Waals surface area contributed by atoms with Gasteiger partial charge in [0.1, 0.15) is 6.07 Å². The number of carboxylic acids is 1. The molecule has 1 rings (SSSR count). The number of hydrogen-bond acceptors (Lipinski definition) is 2. The van der Waals surface area contributed by atoms with Crippen molar-refractivity contribution in [1.82, 2.24) is 0 Å². The second-order valence-corrected chi connectivity index (χ2v) is 2.88. The van der Waals surface area contributed by atoms with Crippen molar-refractivity contribution in [3.05, 3.63) is 41.5 Å². The van der Waals surface area contributed by atoms with Gasteiger partial charge in [-0.2, -0.15) is 5.26 Å². The molecule has 0 atom stereocenters. The fraction of sp³-hybridized carbons (Fsp3) is 0.0909. The fourth-order valence-electron chi connectivity index (χ4n) is 1.12. The average Bonchev–Trinajstić information content (AvgIpc) is 2.14. The largest absolute Gasteiger partial charge is 0.478 e. The normalized spacial score (nSPS) is 10.7. The molecule has 0 spiro atoms. The van der Waals surface area contributed by atoms with Crippen LogP contribution in [-0.4, -0.2) is 11.1 Å². The summed E-state index contributed by atoms with van der Waals surface area (Å²) in [6.45, 7) is 1.89. The maximum Gasteiger partial charge on any atom is 0.329 e. The van der Waals surface area contributed by atoms with Crippen LogP contribution < -0.4 is 0 Å². The molecule has 0 aliphatic carbocycles. The first kappa shape index (κ1) is 10.0. The number of benzene rings is 1. The van der Waals surface area contributed by atoms with Gasteiger partial charge < -0.3 is 5.11 Å². The number of allylic oxidation sites excluding steroid dienone is 1. The highest BCUT2D eigenvalue weighted by atomic mass is 16.4. The summed E-state index contributed by atoms with van der Waals surface area (Å²) < 4.78 is 0. The Balaban J connectivity index is 3.15. The van der Waals surface area contributed by atoms with Gasteiger partial charge in [-0.3, -0.25) is 0 Å². The maximum absolute atomic E-state index is 10.4. The summed E-state index contributed by atoms with van der Waals surface area (Å²) in [4.78, 5) is 10.4. The molecule has 0 aliphatic rings. The van der Waals surface area contributed by atoms with Crippen molar-refractivity contribution in [1.29, 1.82) is 5.26 Å². The lowest BCUT2D eigenvalue weighted by Crippen LogP contribution is -1.91. The van der Waals surface area contributed by atoms with Crippen molar-refractivity contribution in [3.8, 4) is 6.07 Å². The van der Waals surface area contributed by atoms with Crippen molar-refractivity contribution in [2.24, 2.45) is 0 Å². The van der Waals surface area contributed by atoms with Crippen LogP contribution in [0.5, 0.6) is 0 Å². The van der Waals surface area contributed by atoms with Gasteiger partial charge in [0.05, 0.1) is 5.57 Å². The molecule has 1 aromatic rings. The second kappa shape index (κ2) is 4.24. The maximum atomic E-state index is 10.4. The minimum Gasteiger partial charge on any atom is -0.478 e. The first-order chi connectivity index (χ1) is 6.63. The minimum absolute atomic E-state index is 0.168. The monoisotopic (exact) mass is 187 g/mol. The number of carbonyl (C=O) groups is 1. The van der Waals surface area contributed by atoms with Crippen LogP contribution in [-0.2, 0) is 4.79 Å². The molecule has 0 bridgehead atoms. The zero-order valence-corrected chi connectivity index (χ0v) is 7.69. The Hall–Kier alpha value is -2.08. The average molecular weight is 187 g/mol. The highest BCUT2D eigenvalue weighted by Crippen LogP contribution is 2.14. The summed E-state index contributed by atoms with van der Waals surface area (Å²) in [6.07, 6.45) is 0.911. The Kier molecular flexibility index (Phi) is 3.03. The number of aryl methyl sites for hydroxylation is 1. The van der Waals surface area contributed by atoms with Crippen molar-refractivity contribution in [2.45, 2.75) is 6.92 Å². The number of rotatable bonds is 2. The van der Waals surface area contributed by atoms with E-state index in [1.165, 1.54) is 0 Å². The Bertz CT molecular complexity index is 427. The van der Waals surface area contributed by atoms with Gasteiger partial charge in [-0.1, -0.05) is 29.8 Å². The first-order valence-corrected chi connectivity index (χ1v) is 4.05. The number of nitriles is 1. The molecule has 0 radical (unpaired) electrons. The number of carboxylic acid groups (broad SMARTS) is 1. The molecule has 0 heterocycles. The molecule has 1 aromatic carbocycles. The van der Waals surface area contributed by atoms with E-state index in [-0.39, 0.29) is 5.57 Å². The standard InChI is InChI=1S/C11H9NO2/c1-8-3-2-4-9(5-8)10(7-12)6-11(13)14/h2-6H,1H3,(H,13,14). The highest BCUT2D eigenvalue weighted by molar-refractivity contribution is 5.94. The lowest BCUT2D eigenvalue weighted by Gasteiger charge is -1.98. The van der Waals surface area contributed by atoms with E-state index in [9.17, 15) is 4.79 Å². The van der Waals surface area contributed by atoms with Crippen LogP contribution in [0.3, 0.4) is 0 Å². The third-order valence-electron chi connectivity index (χ3n) is 1.72. The topological polar surface area (TPSA) is 61.1 Å². The summed E-state index contributed by atoms with van der Waals surface area (Å²) in [7, 11) is 0. The Morgan fingerprint density at radius 1 is 1.57 bits per heavy atom. The summed E-state index contributed by atoms with van der Waals surface area (Å²) in [6, 6.07) is 9.02. The zero-order chi connectivity index (χ0) is 10.6. The zero-order valence-electron chi connectivity index (χ0n) is 7.69. The smallest absolute Gasteiger partial charge is 0.329 e. The predicted octanol–water partition coefficient (Wildman–Crippen LogP) is 1.99. The van der Waals surface area contributed by atoms with Crippen LogP contribution in [0.25, 0.3) is 5.57 Å². The molecular formula is C11H9NO2. The van der Waals surface area contributed by atoms with E-state index in [0.717, 1.165) is 11.6 Å². The van der Waals surface area contributed by atoms with Crippen LogP contribution in [0.1, 0.15) is 11.1 Å². The van der Waals surface area contributed by atoms with Crippen LogP contribution in [0.2, 0.25) is 0 Å². The van der Waals surface area contributed by atoms with E-state index < -0.39 is 5.97 Å². The van der Waals surface area contributed by atoms with E-state index in [1.807, 2.05) is 19.1 Å². The van der Waals surface area contributed by atoms with Gasteiger partial charge in [-0.25, -0.2) is 4.79 Å². The van der Waals surface area contributed by atoms with Crippen molar-refractivity contribution < 1.29 is 9.90 Å². The molecule has 0 amide bonds. The summed E-state index contributed by atoms with van der Waals surface area (Å²) in [5, 5.41) is 17.3. The molecule has 0 saturated carbocycles. The molecule has 0 saturated heterocycles. The second-order valence-electron chi connectivity index (χ2n) is 2.88. The van der Waals surface area contributed by atoms with Crippen LogP contribution >= 0.6 is 0 Å². The Morgan fingerprint density at radius 3 is 2.79 bits per heavy atom. The van der Waals surface area contributed by atoms with Crippen molar-refractivity contribution in [3.63, 3.8) is 0 Å². The van der Waals surface area contributed by atoms with Crippen LogP contribution in [0.4, 0.5) is 0 Å². The predicted molar refractivity (Wildman–Crippen MR) is 52.4 cm³/mol. The molecule has 0 aliphatic heterocycles. The number of nitrogens with zero attached hydrogens (tertiary/aromatic N) is 1. The summed E-state index contributed by atoms with van der Waals surface area (Å²) in [5.41, 5.74) is 1.80. The molecule has 0 fully saturated rings. The van der Waals surface area contributed by atoms with Crippen molar-refractivity contribution in [2.75, 3.05) is 0 Å². The Labute approximate surface area is 81.9 Å². The molecule has 14 heavy (non-hydrogen) atoms. The highest BCUT2D eigenvalue weighted by Gasteiger charge is 2.02. The third-order valence-corrected chi connectivity index (χ3v) is 1.72. The number of hydrogen-bond donors (Lipinski definition) is 1. The quantitative estimate of drug-likeness (QED) is 0.568. The molecule has 0 unspecified atom stereocenters. The van der Waals surface area contributed by atoms with E-state index in [1.54, 1.807) is 18.2 Å². The molecule has 70 valence electrons. The molecule has 3 nitrogen and oxygen atoms in total. The van der Waals surface area contributed by atoms with E-state index >= 15 is 0 Å². The van der Waals surface area contributed by atoms with Gasteiger partial charge in [-0.05, 0) is 12.5 Å². The summed E-state index contributed by atoms with van der Waals surface area (Å²) >= 11 is 0. The SMILES string of the molecule is Cc1cccc(C(C#N)=CC(=O)O)c1. The Morgan fingerprint density at radius 2 is 2.29 bits per heavy atom. The van der Waals surface area contributed by atoms with Crippen LogP contribution in [0, 0.1) is 18.3 Å². The van der Waals surface area contributed by atoms with E-state index in [4.69, 9.17) is 10.4 Å². The molecule has 0 aromatic heterocycles. The van der Waals surface area contributed by atoms with Gasteiger partial charge >= 0.3 is 5.97 Å². The van der Waals surface area contributed by atoms with Gasteiger partial charge in [0, 0.05) is 6.08 Å². The van der Waals surface area contributed by atoms with E-state index in [2.05, 4.69) is 0 Å². The summed E-state index contributed by atoms with van der Waals surface area (Å²) in [5.74, 6) is -1.11. The minimum atomic E-state index is -1.11.